The number of carbonyl (C=O) groups is 2. The number of nitrogens with one attached hydrogen (secondary N) is 1. The van der Waals surface area contributed by atoms with Gasteiger partial charge in [0.15, 0.2) is 0 Å². The third kappa shape index (κ3) is 5.60. The van der Waals surface area contributed by atoms with E-state index in [1.165, 1.54) is 0 Å². The first kappa shape index (κ1) is 24.2. The smallest absolute Gasteiger partial charge is 0.242 e. The normalized spacial score (nSPS) is 11.9. The molecule has 0 aliphatic rings. The Morgan fingerprint density at radius 1 is 0.886 bits per heavy atom. The van der Waals surface area contributed by atoms with Crippen LogP contribution in [-0.4, -0.2) is 39.4 Å². The Balaban J connectivity index is 1.48. The van der Waals surface area contributed by atoms with Crippen molar-refractivity contribution in [3.8, 4) is 11.1 Å². The minimum absolute atomic E-state index is 0.0384. The molecule has 1 heterocycles. The average Bonchev–Trinajstić information content (AvgIpc) is 3.24. The summed E-state index contributed by atoms with van der Waals surface area (Å²) < 4.78 is 1.93. The van der Waals surface area contributed by atoms with E-state index in [0.29, 0.717) is 18.9 Å². The molecule has 1 atom stereocenters. The molecule has 0 bridgehead atoms. The molecule has 1 unspecified atom stereocenters. The minimum atomic E-state index is -0.344. The fourth-order valence-electron chi connectivity index (χ4n) is 4.39. The van der Waals surface area contributed by atoms with Crippen LogP contribution in [0, 0.1) is 0 Å². The van der Waals surface area contributed by atoms with E-state index in [1.807, 2.05) is 92.1 Å². The molecule has 2 amide bonds. The van der Waals surface area contributed by atoms with Crippen molar-refractivity contribution < 1.29 is 9.59 Å². The highest BCUT2D eigenvalue weighted by Crippen LogP contribution is 2.22. The van der Waals surface area contributed by atoms with Crippen LogP contribution < -0.4 is 5.32 Å². The van der Waals surface area contributed by atoms with Crippen molar-refractivity contribution in [1.82, 2.24) is 19.8 Å². The van der Waals surface area contributed by atoms with Crippen LogP contribution in [0.3, 0.4) is 0 Å². The Labute approximate surface area is 206 Å². The zero-order valence-electron chi connectivity index (χ0n) is 20.6. The first-order chi connectivity index (χ1) is 17.0. The predicted molar refractivity (Wildman–Crippen MR) is 140 cm³/mol. The molecule has 1 aromatic heterocycles. The van der Waals surface area contributed by atoms with Gasteiger partial charge in [-0.2, -0.15) is 0 Å². The molecule has 0 aliphatic carbocycles. The van der Waals surface area contributed by atoms with Gasteiger partial charge in [-0.25, -0.2) is 4.98 Å². The van der Waals surface area contributed by atoms with E-state index < -0.39 is 0 Å². The Bertz CT molecular complexity index is 1290. The molecule has 1 N–H and O–H groups in total. The highest BCUT2D eigenvalue weighted by molar-refractivity contribution is 5.82. The van der Waals surface area contributed by atoms with Gasteiger partial charge in [-0.05, 0) is 49.6 Å². The zero-order valence-corrected chi connectivity index (χ0v) is 20.6. The molecule has 0 saturated carbocycles. The average molecular weight is 469 g/mol. The number of para-hydroxylation sites is 2. The lowest BCUT2D eigenvalue weighted by molar-refractivity contribution is -0.131. The molecule has 4 rings (SSSR count). The van der Waals surface area contributed by atoms with Crippen LogP contribution in [0.1, 0.15) is 38.2 Å². The van der Waals surface area contributed by atoms with Crippen LogP contribution in [0.5, 0.6) is 0 Å². The molecule has 0 aliphatic heterocycles. The second-order valence-electron chi connectivity index (χ2n) is 8.64. The molecule has 0 fully saturated rings. The molecule has 180 valence electrons. The van der Waals surface area contributed by atoms with Gasteiger partial charge in [-0.1, -0.05) is 66.7 Å². The number of hydrogen-bond donors (Lipinski definition) is 1. The van der Waals surface area contributed by atoms with E-state index in [0.717, 1.165) is 27.7 Å². The van der Waals surface area contributed by atoms with Crippen LogP contribution in [0.2, 0.25) is 0 Å². The fraction of sp³-hybridized carbons (Fsp3) is 0.276. The first-order valence-electron chi connectivity index (χ1n) is 12.2. The van der Waals surface area contributed by atoms with E-state index in [1.54, 1.807) is 4.90 Å². The number of carbonyl (C=O) groups excluding carboxylic acids is 2. The van der Waals surface area contributed by atoms with Gasteiger partial charge in [-0.3, -0.25) is 9.59 Å². The van der Waals surface area contributed by atoms with E-state index in [-0.39, 0.29) is 30.8 Å². The maximum absolute atomic E-state index is 12.9. The first-order valence-corrected chi connectivity index (χ1v) is 12.2. The Hall–Kier alpha value is -3.93. The van der Waals surface area contributed by atoms with Crippen LogP contribution in [0.4, 0.5) is 0 Å². The second-order valence-corrected chi connectivity index (χ2v) is 8.64. The number of aromatic nitrogens is 2. The monoisotopic (exact) mass is 468 g/mol. The van der Waals surface area contributed by atoms with Gasteiger partial charge in [-0.15, -0.1) is 0 Å². The van der Waals surface area contributed by atoms with Gasteiger partial charge >= 0.3 is 0 Å². The van der Waals surface area contributed by atoms with Crippen LogP contribution in [0.25, 0.3) is 22.2 Å². The lowest BCUT2D eigenvalue weighted by Gasteiger charge is -2.21. The summed E-state index contributed by atoms with van der Waals surface area (Å²) in [6.45, 7) is 7.38. The topological polar surface area (TPSA) is 67.2 Å². The largest absolute Gasteiger partial charge is 0.346 e. The quantitative estimate of drug-likeness (QED) is 0.376. The van der Waals surface area contributed by atoms with E-state index in [9.17, 15) is 9.59 Å². The Morgan fingerprint density at radius 3 is 2.20 bits per heavy atom. The SMILES string of the molecule is CCN(CC)C(=O)Cn1c(C(C)NC(=O)Cc2ccc(-c3ccccc3)cc2)nc2ccccc21. The summed E-state index contributed by atoms with van der Waals surface area (Å²) in [7, 11) is 0. The zero-order chi connectivity index (χ0) is 24.8. The number of benzene rings is 3. The minimum Gasteiger partial charge on any atom is -0.346 e. The molecule has 35 heavy (non-hydrogen) atoms. The molecule has 4 aromatic rings. The molecule has 6 heteroatoms. The fourth-order valence-corrected chi connectivity index (χ4v) is 4.39. The summed E-state index contributed by atoms with van der Waals surface area (Å²) in [6, 6.07) is 25.6. The van der Waals surface area contributed by atoms with Crippen molar-refractivity contribution in [1.29, 1.82) is 0 Å². The number of nitrogens with zero attached hydrogens (tertiary/aromatic N) is 3. The van der Waals surface area contributed by atoms with Crippen LogP contribution >= 0.6 is 0 Å². The summed E-state index contributed by atoms with van der Waals surface area (Å²) in [5.41, 5.74) is 4.91. The van der Waals surface area contributed by atoms with Crippen molar-refractivity contribution >= 4 is 22.8 Å². The van der Waals surface area contributed by atoms with Crippen molar-refractivity contribution in [2.24, 2.45) is 0 Å². The van der Waals surface area contributed by atoms with Crippen molar-refractivity contribution in [2.75, 3.05) is 13.1 Å². The molecular weight excluding hydrogens is 436 g/mol. The third-order valence-corrected chi connectivity index (χ3v) is 6.28. The third-order valence-electron chi connectivity index (χ3n) is 6.28. The standard InChI is InChI=1S/C29H32N4O2/c1-4-32(5-2)28(35)20-33-26-14-10-9-13-25(26)31-29(33)21(3)30-27(34)19-22-15-17-24(18-16-22)23-11-7-6-8-12-23/h6-18,21H,4-5,19-20H2,1-3H3,(H,30,34). The van der Waals surface area contributed by atoms with E-state index in [4.69, 9.17) is 4.98 Å². The number of rotatable bonds is 9. The van der Waals surface area contributed by atoms with Gasteiger partial charge in [0, 0.05) is 13.1 Å². The van der Waals surface area contributed by atoms with Crippen molar-refractivity contribution in [2.45, 2.75) is 39.8 Å². The molecule has 3 aromatic carbocycles. The lowest BCUT2D eigenvalue weighted by Crippen LogP contribution is -2.35. The number of imidazole rings is 1. The molecule has 0 radical (unpaired) electrons. The number of hydrogen-bond acceptors (Lipinski definition) is 3. The number of likely N-dealkylation sites (N-methyl/N-ethyl adjacent to an activating group) is 1. The molecule has 0 spiro atoms. The van der Waals surface area contributed by atoms with Gasteiger partial charge in [0.25, 0.3) is 0 Å². The Morgan fingerprint density at radius 2 is 1.51 bits per heavy atom. The van der Waals surface area contributed by atoms with Crippen molar-refractivity contribution in [3.63, 3.8) is 0 Å². The van der Waals surface area contributed by atoms with Crippen LogP contribution in [0.15, 0.2) is 78.9 Å². The predicted octanol–water partition coefficient (Wildman–Crippen LogP) is 4.99. The molecule has 0 saturated heterocycles. The van der Waals surface area contributed by atoms with Crippen LogP contribution in [-0.2, 0) is 22.6 Å². The Kier molecular flexibility index (Phi) is 7.60. The number of fused-ring (bicyclic) bond motifs is 1. The van der Waals surface area contributed by atoms with Gasteiger partial charge in [0.2, 0.25) is 11.8 Å². The summed E-state index contributed by atoms with van der Waals surface area (Å²) in [6.07, 6.45) is 0.276. The highest BCUT2D eigenvalue weighted by atomic mass is 16.2. The van der Waals surface area contributed by atoms with E-state index >= 15 is 0 Å². The summed E-state index contributed by atoms with van der Waals surface area (Å²) in [4.78, 5) is 32.3. The molecule has 6 nitrogen and oxygen atoms in total. The number of amides is 2. The van der Waals surface area contributed by atoms with Gasteiger partial charge < -0.3 is 14.8 Å². The summed E-state index contributed by atoms with van der Waals surface area (Å²) in [5.74, 6) is 0.634. The molecular formula is C29H32N4O2. The van der Waals surface area contributed by atoms with Crippen molar-refractivity contribution in [3.05, 3.63) is 90.3 Å². The summed E-state index contributed by atoms with van der Waals surface area (Å²) in [5, 5.41) is 3.08. The van der Waals surface area contributed by atoms with Gasteiger partial charge in [0.1, 0.15) is 12.4 Å². The van der Waals surface area contributed by atoms with E-state index in [2.05, 4.69) is 17.4 Å². The van der Waals surface area contributed by atoms with Gasteiger partial charge in [0.05, 0.1) is 23.5 Å². The maximum atomic E-state index is 12.9. The maximum Gasteiger partial charge on any atom is 0.242 e. The highest BCUT2D eigenvalue weighted by Gasteiger charge is 2.21. The summed E-state index contributed by atoms with van der Waals surface area (Å²) >= 11 is 0. The lowest BCUT2D eigenvalue weighted by atomic mass is 10.0. The second kappa shape index (κ2) is 11.0.